The lowest BCUT2D eigenvalue weighted by molar-refractivity contribution is 0.0884. The van der Waals surface area contributed by atoms with E-state index in [0.29, 0.717) is 5.41 Å². The molecule has 0 aliphatic carbocycles. The van der Waals surface area contributed by atoms with Crippen molar-refractivity contribution >= 4 is 0 Å². The van der Waals surface area contributed by atoms with Gasteiger partial charge in [0.2, 0.25) is 0 Å². The van der Waals surface area contributed by atoms with E-state index >= 15 is 0 Å². The quantitative estimate of drug-likeness (QED) is 0.498. The lowest BCUT2D eigenvalue weighted by Crippen LogP contribution is -2.41. The van der Waals surface area contributed by atoms with E-state index in [9.17, 15) is 0 Å². The molecule has 0 N–H and O–H groups in total. The van der Waals surface area contributed by atoms with Gasteiger partial charge in [0.1, 0.15) is 0 Å². The minimum Gasteiger partial charge on any atom is -0.306 e. The molecule has 0 aromatic heterocycles. The van der Waals surface area contributed by atoms with Gasteiger partial charge in [-0.1, -0.05) is 20.8 Å². The molecular formula is C9H19N. The zero-order valence-corrected chi connectivity index (χ0v) is 7.65. The van der Waals surface area contributed by atoms with Gasteiger partial charge in [-0.2, -0.15) is 0 Å². The highest BCUT2D eigenvalue weighted by Crippen LogP contribution is 2.34. The summed E-state index contributed by atoms with van der Waals surface area (Å²) in [7, 11) is 2.21. The van der Waals surface area contributed by atoms with Gasteiger partial charge in [-0.3, -0.25) is 0 Å². The third-order valence-electron chi connectivity index (χ3n) is 3.06. The Labute approximate surface area is 64.4 Å². The van der Waals surface area contributed by atoms with E-state index in [1.54, 1.807) is 0 Å². The number of piperidine rings is 1. The average molecular weight is 141 g/mol. The topological polar surface area (TPSA) is 3.24 Å². The largest absolute Gasteiger partial charge is 0.306 e. The summed E-state index contributed by atoms with van der Waals surface area (Å²) < 4.78 is 0. The molecule has 1 heteroatoms. The molecule has 0 aromatic carbocycles. The molecule has 10 heavy (non-hydrogen) atoms. The second kappa shape index (κ2) is 2.54. The molecule has 0 radical (unpaired) electrons. The van der Waals surface area contributed by atoms with Crippen LogP contribution >= 0.6 is 0 Å². The summed E-state index contributed by atoms with van der Waals surface area (Å²) in [5.41, 5.74) is 0.576. The lowest BCUT2D eigenvalue weighted by Gasteiger charge is -2.40. The Morgan fingerprint density at radius 2 is 2.00 bits per heavy atom. The number of hydrogen-bond acceptors (Lipinski definition) is 1. The number of hydrogen-bond donors (Lipinski definition) is 0. The van der Waals surface area contributed by atoms with Gasteiger partial charge in [0.05, 0.1) is 0 Å². The molecule has 1 rings (SSSR count). The Morgan fingerprint density at radius 3 is 2.40 bits per heavy atom. The van der Waals surface area contributed by atoms with Crippen LogP contribution < -0.4 is 0 Å². The lowest BCUT2D eigenvalue weighted by atomic mass is 9.74. The third kappa shape index (κ3) is 1.51. The Bertz CT molecular complexity index is 118. The Balaban J connectivity index is 2.52. The molecule has 1 saturated heterocycles. The Morgan fingerprint density at radius 1 is 1.40 bits per heavy atom. The maximum Gasteiger partial charge on any atom is 0.000908 e. The molecule has 1 atom stereocenters. The van der Waals surface area contributed by atoms with Gasteiger partial charge in [0.15, 0.2) is 0 Å². The van der Waals surface area contributed by atoms with Gasteiger partial charge in [-0.05, 0) is 31.3 Å². The van der Waals surface area contributed by atoms with Gasteiger partial charge in [-0.15, -0.1) is 0 Å². The zero-order valence-electron chi connectivity index (χ0n) is 7.65. The van der Waals surface area contributed by atoms with E-state index in [1.165, 1.54) is 19.5 Å². The first-order valence-corrected chi connectivity index (χ1v) is 4.21. The van der Waals surface area contributed by atoms with Crippen molar-refractivity contribution in [1.29, 1.82) is 0 Å². The fourth-order valence-electron chi connectivity index (χ4n) is 1.53. The fourth-order valence-corrected chi connectivity index (χ4v) is 1.53. The molecule has 1 aliphatic rings. The van der Waals surface area contributed by atoms with Crippen molar-refractivity contribution in [1.82, 2.24) is 4.90 Å². The van der Waals surface area contributed by atoms with Crippen molar-refractivity contribution in [2.45, 2.75) is 27.2 Å². The highest BCUT2D eigenvalue weighted by molar-refractivity contribution is 4.82. The molecule has 1 unspecified atom stereocenters. The summed E-state index contributed by atoms with van der Waals surface area (Å²) in [6, 6.07) is 0. The second-order valence-electron chi connectivity index (χ2n) is 4.40. The van der Waals surface area contributed by atoms with Crippen LogP contribution in [0.1, 0.15) is 27.2 Å². The number of likely N-dealkylation sites (tertiary alicyclic amines) is 1. The molecule has 0 saturated carbocycles. The van der Waals surface area contributed by atoms with Crippen LogP contribution in [0.3, 0.4) is 0 Å². The minimum absolute atomic E-state index is 0.576. The SMILES string of the molecule is CC1CN(C)CCC1(C)C. The second-order valence-corrected chi connectivity index (χ2v) is 4.40. The summed E-state index contributed by atoms with van der Waals surface area (Å²) in [6.45, 7) is 9.66. The zero-order chi connectivity index (χ0) is 7.78. The average Bonchev–Trinajstić information content (AvgIpc) is 1.81. The number of rotatable bonds is 0. The molecule has 60 valence electrons. The van der Waals surface area contributed by atoms with Gasteiger partial charge in [0, 0.05) is 6.54 Å². The van der Waals surface area contributed by atoms with E-state index in [4.69, 9.17) is 0 Å². The van der Waals surface area contributed by atoms with Crippen LogP contribution in [-0.4, -0.2) is 25.0 Å². The van der Waals surface area contributed by atoms with Crippen molar-refractivity contribution in [3.05, 3.63) is 0 Å². The van der Waals surface area contributed by atoms with Crippen LogP contribution in [0, 0.1) is 11.3 Å². The molecule has 0 amide bonds. The van der Waals surface area contributed by atoms with Gasteiger partial charge in [-0.25, -0.2) is 0 Å². The molecule has 0 aromatic rings. The summed E-state index contributed by atoms with van der Waals surface area (Å²) in [6.07, 6.45) is 1.35. The predicted molar refractivity (Wildman–Crippen MR) is 45.1 cm³/mol. The molecule has 0 bridgehead atoms. The van der Waals surface area contributed by atoms with Crippen LogP contribution in [0.25, 0.3) is 0 Å². The number of nitrogens with zero attached hydrogens (tertiary/aromatic N) is 1. The van der Waals surface area contributed by atoms with Crippen molar-refractivity contribution in [2.24, 2.45) is 11.3 Å². The van der Waals surface area contributed by atoms with E-state index in [1.807, 2.05) is 0 Å². The first-order chi connectivity index (χ1) is 4.52. The molecule has 0 spiro atoms. The predicted octanol–water partition coefficient (Wildman–Crippen LogP) is 1.98. The van der Waals surface area contributed by atoms with E-state index < -0.39 is 0 Å². The molecular weight excluding hydrogens is 122 g/mol. The van der Waals surface area contributed by atoms with Crippen molar-refractivity contribution in [3.8, 4) is 0 Å². The summed E-state index contributed by atoms with van der Waals surface area (Å²) in [5, 5.41) is 0. The first kappa shape index (κ1) is 8.06. The van der Waals surface area contributed by atoms with E-state index in [0.717, 1.165) is 5.92 Å². The highest BCUT2D eigenvalue weighted by Gasteiger charge is 2.30. The van der Waals surface area contributed by atoms with Gasteiger partial charge >= 0.3 is 0 Å². The Kier molecular flexibility index (Phi) is 2.04. The van der Waals surface area contributed by atoms with Crippen LogP contribution in [0.2, 0.25) is 0 Å². The Hall–Kier alpha value is -0.0400. The van der Waals surface area contributed by atoms with E-state index in [2.05, 4.69) is 32.7 Å². The minimum atomic E-state index is 0.576. The summed E-state index contributed by atoms with van der Waals surface area (Å²) in [5.74, 6) is 0.853. The van der Waals surface area contributed by atoms with Gasteiger partial charge < -0.3 is 4.90 Å². The molecule has 1 aliphatic heterocycles. The molecule has 1 nitrogen and oxygen atoms in total. The maximum absolute atomic E-state index is 2.43. The van der Waals surface area contributed by atoms with Crippen LogP contribution in [0.5, 0.6) is 0 Å². The van der Waals surface area contributed by atoms with Crippen LogP contribution in [0.4, 0.5) is 0 Å². The van der Waals surface area contributed by atoms with Gasteiger partial charge in [0.25, 0.3) is 0 Å². The van der Waals surface area contributed by atoms with E-state index in [-0.39, 0.29) is 0 Å². The first-order valence-electron chi connectivity index (χ1n) is 4.21. The maximum atomic E-state index is 2.43. The molecule has 1 heterocycles. The van der Waals surface area contributed by atoms with Crippen molar-refractivity contribution in [2.75, 3.05) is 20.1 Å². The normalized spacial score (nSPS) is 34.2. The highest BCUT2D eigenvalue weighted by atomic mass is 15.1. The summed E-state index contributed by atoms with van der Waals surface area (Å²) >= 11 is 0. The summed E-state index contributed by atoms with van der Waals surface area (Å²) in [4.78, 5) is 2.43. The fraction of sp³-hybridized carbons (Fsp3) is 1.00. The van der Waals surface area contributed by atoms with Crippen molar-refractivity contribution in [3.63, 3.8) is 0 Å². The molecule has 1 fully saturated rings. The van der Waals surface area contributed by atoms with Crippen molar-refractivity contribution < 1.29 is 0 Å². The third-order valence-corrected chi connectivity index (χ3v) is 3.06. The standard InChI is InChI=1S/C9H19N/c1-8-7-10(4)6-5-9(8,2)3/h8H,5-7H2,1-4H3. The smallest absolute Gasteiger partial charge is 0.000908 e. The van der Waals surface area contributed by atoms with Crippen LogP contribution in [0.15, 0.2) is 0 Å². The monoisotopic (exact) mass is 141 g/mol. The van der Waals surface area contributed by atoms with Crippen LogP contribution in [-0.2, 0) is 0 Å².